The zero-order valence-corrected chi connectivity index (χ0v) is 10.8. The van der Waals surface area contributed by atoms with E-state index < -0.39 is 0 Å². The first-order valence-corrected chi connectivity index (χ1v) is 7.41. The predicted octanol–water partition coefficient (Wildman–Crippen LogP) is 2.56. The number of thioether (sulfide) groups is 1. The van der Waals surface area contributed by atoms with Gasteiger partial charge in [-0.1, -0.05) is 0 Å². The van der Waals surface area contributed by atoms with Crippen molar-refractivity contribution in [3.05, 3.63) is 0 Å². The van der Waals surface area contributed by atoms with Crippen molar-refractivity contribution in [2.75, 3.05) is 0 Å². The van der Waals surface area contributed by atoms with Gasteiger partial charge in [0.2, 0.25) is 5.91 Å². The van der Waals surface area contributed by atoms with Gasteiger partial charge in [-0.2, -0.15) is 0 Å². The largest absolute Gasteiger partial charge is 0.369 e. The molecule has 0 aromatic heterocycles. The minimum atomic E-state index is -0.138. The fourth-order valence-electron chi connectivity index (χ4n) is 4.61. The first kappa shape index (κ1) is 10.9. The smallest absolute Gasteiger partial charge is 0.230 e. The zero-order chi connectivity index (χ0) is 11.3. The summed E-state index contributed by atoms with van der Waals surface area (Å²) in [5.41, 5.74) is 5.41. The second kappa shape index (κ2) is 3.66. The summed E-state index contributed by atoms with van der Waals surface area (Å²) < 4.78 is 0.420. The molecule has 16 heavy (non-hydrogen) atoms. The second-order valence-electron chi connectivity index (χ2n) is 6.26. The average Bonchev–Trinajstić information content (AvgIpc) is 2.13. The van der Waals surface area contributed by atoms with Crippen LogP contribution in [0.15, 0.2) is 0 Å². The number of rotatable bonds is 3. The van der Waals surface area contributed by atoms with E-state index in [1.54, 1.807) is 0 Å². The highest BCUT2D eigenvalue weighted by Crippen LogP contribution is 2.61. The van der Waals surface area contributed by atoms with Crippen LogP contribution in [-0.4, -0.2) is 15.9 Å². The molecule has 0 unspecified atom stereocenters. The van der Waals surface area contributed by atoms with Gasteiger partial charge in [0.25, 0.3) is 0 Å². The summed E-state index contributed by atoms with van der Waals surface area (Å²) in [7, 11) is 0. The zero-order valence-electron chi connectivity index (χ0n) is 9.95. The third kappa shape index (κ3) is 1.77. The second-order valence-corrected chi connectivity index (χ2v) is 8.07. The van der Waals surface area contributed by atoms with E-state index in [-0.39, 0.29) is 11.2 Å². The van der Waals surface area contributed by atoms with Gasteiger partial charge in [-0.25, -0.2) is 0 Å². The summed E-state index contributed by atoms with van der Waals surface area (Å²) in [6.07, 6.45) is 8.43. The van der Waals surface area contributed by atoms with E-state index in [4.69, 9.17) is 5.73 Å². The van der Waals surface area contributed by atoms with Crippen molar-refractivity contribution in [2.45, 2.75) is 55.4 Å². The lowest BCUT2D eigenvalue weighted by atomic mass is 9.56. The molecule has 90 valence electrons. The first-order valence-electron chi connectivity index (χ1n) is 6.53. The Morgan fingerprint density at radius 2 is 1.62 bits per heavy atom. The molecule has 4 saturated carbocycles. The van der Waals surface area contributed by atoms with E-state index in [1.807, 2.05) is 18.7 Å². The standard InChI is InChI=1S/C13H21NOS/c1-8(12(14)15)16-13-5-9-2-10(6-13)4-11(3-9)7-13/h8-11H,2-7H2,1H3,(H2,14,15)/t8-,9?,10?,11?,13?/m0/s1. The lowest BCUT2D eigenvalue weighted by molar-refractivity contribution is -0.117. The molecule has 4 rings (SSSR count). The molecule has 3 heteroatoms. The number of hydrogen-bond acceptors (Lipinski definition) is 2. The van der Waals surface area contributed by atoms with Crippen molar-refractivity contribution < 1.29 is 4.79 Å². The maximum atomic E-state index is 11.2. The molecule has 0 aliphatic heterocycles. The Labute approximate surface area is 102 Å². The van der Waals surface area contributed by atoms with Gasteiger partial charge in [0.05, 0.1) is 5.25 Å². The Morgan fingerprint density at radius 1 is 1.19 bits per heavy atom. The molecule has 4 bridgehead atoms. The van der Waals surface area contributed by atoms with Crippen LogP contribution in [-0.2, 0) is 4.79 Å². The molecule has 1 amide bonds. The molecular formula is C13H21NOS. The van der Waals surface area contributed by atoms with Gasteiger partial charge in [0, 0.05) is 4.75 Å². The normalized spacial score (nSPS) is 46.9. The van der Waals surface area contributed by atoms with Crippen molar-refractivity contribution in [2.24, 2.45) is 23.5 Å². The van der Waals surface area contributed by atoms with Crippen molar-refractivity contribution in [3.8, 4) is 0 Å². The molecule has 4 aliphatic carbocycles. The summed E-state index contributed by atoms with van der Waals surface area (Å²) in [4.78, 5) is 11.2. The lowest BCUT2D eigenvalue weighted by Crippen LogP contribution is -2.49. The van der Waals surface area contributed by atoms with Crippen LogP contribution < -0.4 is 5.73 Å². The van der Waals surface area contributed by atoms with Gasteiger partial charge in [-0.3, -0.25) is 4.79 Å². The predicted molar refractivity (Wildman–Crippen MR) is 67.2 cm³/mol. The lowest BCUT2D eigenvalue weighted by Gasteiger charge is -2.56. The van der Waals surface area contributed by atoms with Crippen LogP contribution in [0.2, 0.25) is 0 Å². The van der Waals surface area contributed by atoms with Gasteiger partial charge >= 0.3 is 0 Å². The molecule has 0 radical (unpaired) electrons. The first-order chi connectivity index (χ1) is 7.56. The number of primary amides is 1. The SMILES string of the molecule is C[C@H](SC12CC3CC(CC(C3)C1)C2)C(N)=O. The quantitative estimate of drug-likeness (QED) is 0.822. The summed E-state index contributed by atoms with van der Waals surface area (Å²) in [5, 5.41) is -0.00347. The van der Waals surface area contributed by atoms with Crippen LogP contribution in [0.3, 0.4) is 0 Å². The minimum absolute atomic E-state index is 0.00347. The van der Waals surface area contributed by atoms with Gasteiger partial charge in [-0.05, 0) is 63.2 Å². The molecule has 0 aromatic rings. The Kier molecular flexibility index (Phi) is 2.50. The number of nitrogens with two attached hydrogens (primary N) is 1. The van der Waals surface area contributed by atoms with Gasteiger partial charge in [-0.15, -0.1) is 11.8 Å². The molecule has 2 N–H and O–H groups in total. The van der Waals surface area contributed by atoms with Gasteiger partial charge < -0.3 is 5.73 Å². The summed E-state index contributed by atoms with van der Waals surface area (Å²) >= 11 is 1.89. The van der Waals surface area contributed by atoms with E-state index in [0.717, 1.165) is 17.8 Å². The molecule has 0 heterocycles. The van der Waals surface area contributed by atoms with Gasteiger partial charge in [0.1, 0.15) is 0 Å². The van der Waals surface area contributed by atoms with E-state index in [2.05, 4.69) is 0 Å². The fourth-order valence-corrected chi connectivity index (χ4v) is 6.47. The maximum Gasteiger partial charge on any atom is 0.230 e. The van der Waals surface area contributed by atoms with Crippen molar-refractivity contribution in [1.29, 1.82) is 0 Å². The van der Waals surface area contributed by atoms with Crippen LogP contribution in [0, 0.1) is 17.8 Å². The summed E-state index contributed by atoms with van der Waals surface area (Å²) in [6.45, 7) is 1.98. The summed E-state index contributed by atoms with van der Waals surface area (Å²) in [5.74, 6) is 2.73. The summed E-state index contributed by atoms with van der Waals surface area (Å²) in [6, 6.07) is 0. The van der Waals surface area contributed by atoms with E-state index in [1.165, 1.54) is 38.5 Å². The topological polar surface area (TPSA) is 43.1 Å². The average molecular weight is 239 g/mol. The third-order valence-electron chi connectivity index (χ3n) is 4.81. The van der Waals surface area contributed by atoms with E-state index in [9.17, 15) is 4.79 Å². The monoisotopic (exact) mass is 239 g/mol. The molecule has 0 aromatic carbocycles. The molecule has 4 aliphatic rings. The fraction of sp³-hybridized carbons (Fsp3) is 0.923. The number of carbonyl (C=O) groups excluding carboxylic acids is 1. The number of amides is 1. The van der Waals surface area contributed by atoms with E-state index >= 15 is 0 Å². The maximum absolute atomic E-state index is 11.2. The Hall–Kier alpha value is -0.180. The van der Waals surface area contributed by atoms with Crippen molar-refractivity contribution in [1.82, 2.24) is 0 Å². The van der Waals surface area contributed by atoms with Crippen LogP contribution in [0.1, 0.15) is 45.4 Å². The minimum Gasteiger partial charge on any atom is -0.369 e. The molecule has 1 atom stereocenters. The van der Waals surface area contributed by atoms with Crippen molar-refractivity contribution >= 4 is 17.7 Å². The number of hydrogen-bond donors (Lipinski definition) is 1. The van der Waals surface area contributed by atoms with Crippen LogP contribution in [0.5, 0.6) is 0 Å². The molecular weight excluding hydrogens is 218 g/mol. The molecule has 2 nitrogen and oxygen atoms in total. The van der Waals surface area contributed by atoms with Crippen molar-refractivity contribution in [3.63, 3.8) is 0 Å². The van der Waals surface area contributed by atoms with E-state index in [0.29, 0.717) is 4.75 Å². The molecule has 0 saturated heterocycles. The third-order valence-corrected chi connectivity index (χ3v) is 6.40. The highest BCUT2D eigenvalue weighted by molar-refractivity contribution is 8.01. The van der Waals surface area contributed by atoms with Crippen LogP contribution in [0.4, 0.5) is 0 Å². The van der Waals surface area contributed by atoms with Crippen LogP contribution in [0.25, 0.3) is 0 Å². The highest BCUT2D eigenvalue weighted by Gasteiger charge is 2.51. The highest BCUT2D eigenvalue weighted by atomic mass is 32.2. The molecule has 4 fully saturated rings. The molecule has 0 spiro atoms. The number of carbonyl (C=O) groups is 1. The Bertz CT molecular complexity index is 280. The van der Waals surface area contributed by atoms with Gasteiger partial charge in [0.15, 0.2) is 0 Å². The van der Waals surface area contributed by atoms with Crippen LogP contribution >= 0.6 is 11.8 Å². The Morgan fingerprint density at radius 3 is 2.00 bits per heavy atom. The Balaban J connectivity index is 1.76.